The van der Waals surface area contributed by atoms with E-state index in [2.05, 4.69) is 62.7 Å². The van der Waals surface area contributed by atoms with Gasteiger partial charge >= 0.3 is 0 Å². The SMILES string of the molecule is CCCCC(CC)Cn1ccc2c(OC(C)C)cccc21. The molecule has 2 rings (SSSR count). The van der Waals surface area contributed by atoms with E-state index in [1.54, 1.807) is 0 Å². The van der Waals surface area contributed by atoms with Crippen LogP contribution in [0.15, 0.2) is 30.5 Å². The molecule has 0 spiro atoms. The fourth-order valence-electron chi connectivity index (χ4n) is 2.91. The molecule has 1 unspecified atom stereocenters. The van der Waals surface area contributed by atoms with Crippen molar-refractivity contribution >= 4 is 10.9 Å². The van der Waals surface area contributed by atoms with Crippen LogP contribution in [0.3, 0.4) is 0 Å². The Balaban J connectivity index is 2.21. The van der Waals surface area contributed by atoms with Gasteiger partial charge in [0.25, 0.3) is 0 Å². The minimum absolute atomic E-state index is 0.215. The Bertz CT molecular complexity index is 556. The molecule has 1 aromatic carbocycles. The predicted octanol–water partition coefficient (Wildman–Crippen LogP) is 5.64. The summed E-state index contributed by atoms with van der Waals surface area (Å²) in [7, 11) is 0. The van der Waals surface area contributed by atoms with E-state index in [1.165, 1.54) is 36.6 Å². The Kier molecular flexibility index (Phi) is 5.72. The van der Waals surface area contributed by atoms with Crippen LogP contribution in [-0.4, -0.2) is 10.7 Å². The molecule has 21 heavy (non-hydrogen) atoms. The fourth-order valence-corrected chi connectivity index (χ4v) is 2.91. The Morgan fingerprint density at radius 2 is 1.95 bits per heavy atom. The summed E-state index contributed by atoms with van der Waals surface area (Å²) in [6.07, 6.45) is 7.63. The van der Waals surface area contributed by atoms with Gasteiger partial charge in [-0.2, -0.15) is 0 Å². The zero-order valence-electron chi connectivity index (χ0n) is 13.9. The number of hydrogen-bond acceptors (Lipinski definition) is 1. The van der Waals surface area contributed by atoms with Crippen LogP contribution in [0.2, 0.25) is 0 Å². The minimum atomic E-state index is 0.215. The van der Waals surface area contributed by atoms with Gasteiger partial charge < -0.3 is 9.30 Å². The third-order valence-electron chi connectivity index (χ3n) is 4.13. The van der Waals surface area contributed by atoms with Gasteiger partial charge in [0.15, 0.2) is 0 Å². The zero-order chi connectivity index (χ0) is 15.2. The molecule has 0 aliphatic carbocycles. The van der Waals surface area contributed by atoms with Gasteiger partial charge in [-0.25, -0.2) is 0 Å². The van der Waals surface area contributed by atoms with E-state index in [0.717, 1.165) is 18.2 Å². The average molecular weight is 287 g/mol. The predicted molar refractivity (Wildman–Crippen MR) is 91.0 cm³/mol. The molecule has 1 atom stereocenters. The maximum atomic E-state index is 5.92. The molecule has 2 aromatic rings. The summed E-state index contributed by atoms with van der Waals surface area (Å²) in [5.41, 5.74) is 1.29. The van der Waals surface area contributed by atoms with Gasteiger partial charge in [-0.3, -0.25) is 0 Å². The summed E-state index contributed by atoms with van der Waals surface area (Å²) >= 11 is 0. The molecule has 0 fully saturated rings. The molecule has 0 saturated carbocycles. The molecule has 0 N–H and O–H groups in total. The molecular formula is C19H29NO. The smallest absolute Gasteiger partial charge is 0.129 e. The van der Waals surface area contributed by atoms with Crippen LogP contribution < -0.4 is 4.74 Å². The van der Waals surface area contributed by atoms with Crippen molar-refractivity contribution in [3.63, 3.8) is 0 Å². The van der Waals surface area contributed by atoms with Crippen LogP contribution in [0, 0.1) is 5.92 Å². The van der Waals surface area contributed by atoms with Crippen LogP contribution in [0.5, 0.6) is 5.75 Å². The number of aromatic nitrogens is 1. The minimum Gasteiger partial charge on any atom is -0.490 e. The van der Waals surface area contributed by atoms with E-state index in [-0.39, 0.29) is 6.10 Å². The second kappa shape index (κ2) is 7.53. The maximum absolute atomic E-state index is 5.92. The highest BCUT2D eigenvalue weighted by molar-refractivity contribution is 5.86. The Morgan fingerprint density at radius 3 is 2.62 bits per heavy atom. The van der Waals surface area contributed by atoms with Gasteiger partial charge in [0.1, 0.15) is 5.75 Å². The number of benzene rings is 1. The fraction of sp³-hybridized carbons (Fsp3) is 0.579. The van der Waals surface area contributed by atoms with E-state index >= 15 is 0 Å². The molecule has 0 aliphatic heterocycles. The van der Waals surface area contributed by atoms with Gasteiger partial charge in [-0.15, -0.1) is 0 Å². The largest absolute Gasteiger partial charge is 0.490 e. The van der Waals surface area contributed by atoms with Gasteiger partial charge in [0, 0.05) is 18.1 Å². The number of fused-ring (bicyclic) bond motifs is 1. The lowest BCUT2D eigenvalue weighted by atomic mass is 9.99. The Morgan fingerprint density at radius 1 is 1.14 bits per heavy atom. The summed E-state index contributed by atoms with van der Waals surface area (Å²) in [4.78, 5) is 0. The number of hydrogen-bond donors (Lipinski definition) is 0. The number of unbranched alkanes of at least 4 members (excludes halogenated alkanes) is 1. The van der Waals surface area contributed by atoms with Crippen LogP contribution in [0.25, 0.3) is 10.9 Å². The van der Waals surface area contributed by atoms with E-state index < -0.39 is 0 Å². The Labute approximate surface area is 129 Å². The van der Waals surface area contributed by atoms with Crippen molar-refractivity contribution < 1.29 is 4.74 Å². The molecule has 2 nitrogen and oxygen atoms in total. The van der Waals surface area contributed by atoms with Crippen LogP contribution >= 0.6 is 0 Å². The average Bonchev–Trinajstić information content (AvgIpc) is 2.87. The first kappa shape index (κ1) is 15.9. The summed E-state index contributed by atoms with van der Waals surface area (Å²) < 4.78 is 8.32. The van der Waals surface area contributed by atoms with Crippen LogP contribution in [-0.2, 0) is 6.54 Å². The summed E-state index contributed by atoms with van der Waals surface area (Å²) in [5, 5.41) is 1.23. The monoisotopic (exact) mass is 287 g/mol. The first-order valence-corrected chi connectivity index (χ1v) is 8.40. The van der Waals surface area contributed by atoms with Crippen molar-refractivity contribution in [3.05, 3.63) is 30.5 Å². The van der Waals surface area contributed by atoms with Crippen LogP contribution in [0.1, 0.15) is 53.4 Å². The standard InChI is InChI=1S/C19H29NO/c1-5-7-9-16(6-2)14-20-13-12-17-18(20)10-8-11-19(17)21-15(3)4/h8,10-13,15-16H,5-7,9,14H2,1-4H3. The van der Waals surface area contributed by atoms with Crippen molar-refractivity contribution in [2.24, 2.45) is 5.92 Å². The number of ether oxygens (including phenoxy) is 1. The second-order valence-corrected chi connectivity index (χ2v) is 6.24. The zero-order valence-corrected chi connectivity index (χ0v) is 13.9. The highest BCUT2D eigenvalue weighted by Gasteiger charge is 2.11. The molecule has 116 valence electrons. The summed E-state index contributed by atoms with van der Waals surface area (Å²) in [5.74, 6) is 1.78. The number of nitrogens with zero attached hydrogens (tertiary/aromatic N) is 1. The third-order valence-corrected chi connectivity index (χ3v) is 4.13. The molecule has 0 saturated heterocycles. The van der Waals surface area contributed by atoms with Crippen molar-refractivity contribution in [2.75, 3.05) is 0 Å². The molecule has 1 heterocycles. The summed E-state index contributed by atoms with van der Waals surface area (Å²) in [6.45, 7) is 9.85. The molecule has 0 radical (unpaired) electrons. The van der Waals surface area contributed by atoms with Gasteiger partial charge in [0.2, 0.25) is 0 Å². The number of rotatable bonds is 8. The van der Waals surface area contributed by atoms with Crippen molar-refractivity contribution in [1.82, 2.24) is 4.57 Å². The molecule has 0 amide bonds. The highest BCUT2D eigenvalue weighted by atomic mass is 16.5. The van der Waals surface area contributed by atoms with Crippen molar-refractivity contribution in [3.8, 4) is 5.75 Å². The lowest BCUT2D eigenvalue weighted by Crippen LogP contribution is -2.09. The lowest BCUT2D eigenvalue weighted by molar-refractivity contribution is 0.245. The lowest BCUT2D eigenvalue weighted by Gasteiger charge is -2.17. The van der Waals surface area contributed by atoms with E-state index in [4.69, 9.17) is 4.74 Å². The molecule has 2 heteroatoms. The molecule has 1 aromatic heterocycles. The first-order chi connectivity index (χ1) is 10.2. The second-order valence-electron chi connectivity index (χ2n) is 6.24. The third kappa shape index (κ3) is 4.03. The normalized spacial score (nSPS) is 13.0. The van der Waals surface area contributed by atoms with Crippen LogP contribution in [0.4, 0.5) is 0 Å². The van der Waals surface area contributed by atoms with Gasteiger partial charge in [0.05, 0.1) is 11.6 Å². The molecule has 0 bridgehead atoms. The molecule has 0 aliphatic rings. The van der Waals surface area contributed by atoms with E-state index in [9.17, 15) is 0 Å². The topological polar surface area (TPSA) is 14.2 Å². The maximum Gasteiger partial charge on any atom is 0.129 e. The quantitative estimate of drug-likeness (QED) is 0.612. The van der Waals surface area contributed by atoms with E-state index in [0.29, 0.717) is 0 Å². The Hall–Kier alpha value is -1.44. The summed E-state index contributed by atoms with van der Waals surface area (Å²) in [6, 6.07) is 8.57. The first-order valence-electron chi connectivity index (χ1n) is 8.40. The van der Waals surface area contributed by atoms with Gasteiger partial charge in [-0.1, -0.05) is 39.2 Å². The van der Waals surface area contributed by atoms with Crippen molar-refractivity contribution in [1.29, 1.82) is 0 Å². The van der Waals surface area contributed by atoms with Crippen molar-refractivity contribution in [2.45, 2.75) is 66.0 Å². The van der Waals surface area contributed by atoms with Gasteiger partial charge in [-0.05, 0) is 44.4 Å². The molecular weight excluding hydrogens is 258 g/mol. The highest BCUT2D eigenvalue weighted by Crippen LogP contribution is 2.28. The van der Waals surface area contributed by atoms with E-state index in [1.807, 2.05) is 0 Å².